The summed E-state index contributed by atoms with van der Waals surface area (Å²) in [5.41, 5.74) is 10.6. The van der Waals surface area contributed by atoms with Gasteiger partial charge >= 0.3 is 0 Å². The highest BCUT2D eigenvalue weighted by atomic mass is 14.9. The second-order valence-electron chi connectivity index (χ2n) is 10.9. The second-order valence-corrected chi connectivity index (χ2v) is 10.9. The first kappa shape index (κ1) is 22.8. The third kappa shape index (κ3) is 3.41. The highest BCUT2D eigenvalue weighted by Gasteiger charge is 2.38. The Labute approximate surface area is 231 Å². The lowest BCUT2D eigenvalue weighted by Gasteiger charge is -2.33. The van der Waals surface area contributed by atoms with Crippen LogP contribution in [0.5, 0.6) is 0 Å². The summed E-state index contributed by atoms with van der Waals surface area (Å²) in [6.45, 7) is 4.72. The number of hydrogen-bond donors (Lipinski definition) is 0. The fraction of sp³-hybridized carbons (Fsp3) is 0.0857. The van der Waals surface area contributed by atoms with Gasteiger partial charge in [0, 0.05) is 65.0 Å². The molecule has 0 N–H and O–H groups in total. The van der Waals surface area contributed by atoms with Crippen molar-refractivity contribution in [3.63, 3.8) is 0 Å². The maximum atomic E-state index is 4.51. The summed E-state index contributed by atoms with van der Waals surface area (Å²) >= 11 is 0. The normalized spacial score (nSPS) is 14.8. The van der Waals surface area contributed by atoms with Gasteiger partial charge in [-0.25, -0.2) is 19.9 Å². The summed E-state index contributed by atoms with van der Waals surface area (Å²) in [4.78, 5) is 18.1. The maximum absolute atomic E-state index is 4.51. The molecule has 4 aliphatic rings. The molecule has 190 valence electrons. The molecule has 5 nitrogen and oxygen atoms in total. The summed E-state index contributed by atoms with van der Waals surface area (Å²) < 4.78 is 2.19. The van der Waals surface area contributed by atoms with E-state index in [0.29, 0.717) is 11.6 Å². The summed E-state index contributed by atoms with van der Waals surface area (Å²) in [5, 5.41) is 2.64. The first-order valence-electron chi connectivity index (χ1n) is 13.5. The molecule has 0 bridgehead atoms. The van der Waals surface area contributed by atoms with Crippen LogP contribution in [0.2, 0.25) is 0 Å². The topological polar surface area (TPSA) is 56.5 Å². The quantitative estimate of drug-likeness (QED) is 0.298. The van der Waals surface area contributed by atoms with Gasteiger partial charge in [-0.2, -0.15) is 0 Å². The van der Waals surface area contributed by atoms with E-state index in [1.54, 1.807) is 24.8 Å². The van der Waals surface area contributed by atoms with E-state index in [1.807, 2.05) is 12.1 Å². The highest BCUT2D eigenvalue weighted by Crippen LogP contribution is 2.50. The average molecular weight is 516 g/mol. The number of hydrogen-bond acceptors (Lipinski definition) is 4. The Bertz CT molecular complexity index is 2010. The first-order chi connectivity index (χ1) is 19.6. The van der Waals surface area contributed by atoms with Crippen LogP contribution in [0.15, 0.2) is 109 Å². The fourth-order valence-corrected chi connectivity index (χ4v) is 6.47. The van der Waals surface area contributed by atoms with Gasteiger partial charge in [-0.05, 0) is 92.9 Å². The van der Waals surface area contributed by atoms with E-state index in [1.165, 1.54) is 43.8 Å². The number of fused-ring (bicyclic) bond motifs is 5. The van der Waals surface area contributed by atoms with Crippen molar-refractivity contribution in [3.05, 3.63) is 131 Å². The van der Waals surface area contributed by atoms with E-state index in [0.717, 1.165) is 16.8 Å². The molecular formula is C35H25N5. The molecule has 3 heterocycles. The molecule has 0 saturated carbocycles. The Hall–Kier alpha value is -5.16. The van der Waals surface area contributed by atoms with Crippen LogP contribution < -0.4 is 10.4 Å². The molecule has 0 saturated heterocycles. The zero-order chi connectivity index (χ0) is 26.8. The van der Waals surface area contributed by atoms with Gasteiger partial charge in [0.05, 0.1) is 0 Å². The predicted octanol–water partition coefficient (Wildman–Crippen LogP) is 5.82. The summed E-state index contributed by atoms with van der Waals surface area (Å²) in [6, 6.07) is 23.2. The molecule has 2 aromatic carbocycles. The van der Waals surface area contributed by atoms with E-state index >= 15 is 0 Å². The minimum absolute atomic E-state index is 0.147. The Morgan fingerprint density at radius 1 is 0.675 bits per heavy atom. The number of nitrogens with zero attached hydrogens (tertiary/aromatic N) is 5. The largest absolute Gasteiger partial charge is 0.323 e. The molecule has 1 aliphatic heterocycles. The Morgan fingerprint density at radius 2 is 1.35 bits per heavy atom. The number of aromatic nitrogens is 5. The zero-order valence-electron chi connectivity index (χ0n) is 22.2. The second kappa shape index (κ2) is 8.42. The lowest BCUT2D eigenvalue weighted by molar-refractivity contribution is 0.689. The molecule has 4 aromatic rings. The van der Waals surface area contributed by atoms with Crippen LogP contribution in [0.3, 0.4) is 0 Å². The molecule has 0 unspecified atom stereocenters. The number of rotatable bonds is 3. The average Bonchev–Trinajstić information content (AvgIpc) is 3.56. The van der Waals surface area contributed by atoms with E-state index in [-0.39, 0.29) is 5.41 Å². The summed E-state index contributed by atoms with van der Waals surface area (Å²) in [7, 11) is 0. The van der Waals surface area contributed by atoms with Crippen molar-refractivity contribution >= 4 is 17.7 Å². The van der Waals surface area contributed by atoms with Crippen molar-refractivity contribution in [1.29, 1.82) is 0 Å². The molecule has 0 spiro atoms. The molecule has 8 rings (SSSR count). The SMILES string of the molecule is CC1(C)C2=c3ccccc3=CC2=Cc2cc3ccn(-c4cc(-c5ncccn5)cc(-c5ncccn5)c4)cc-3c21. The van der Waals surface area contributed by atoms with Crippen molar-refractivity contribution in [2.45, 2.75) is 19.3 Å². The number of allylic oxidation sites excluding steroid dienone is 1. The molecule has 0 fully saturated rings. The molecule has 0 radical (unpaired) electrons. The van der Waals surface area contributed by atoms with Gasteiger partial charge in [0.1, 0.15) is 0 Å². The Kier molecular flexibility index (Phi) is 4.80. The van der Waals surface area contributed by atoms with Gasteiger partial charge in [0.15, 0.2) is 11.6 Å². The van der Waals surface area contributed by atoms with Crippen molar-refractivity contribution in [2.24, 2.45) is 0 Å². The third-order valence-corrected chi connectivity index (χ3v) is 8.12. The minimum atomic E-state index is -0.147. The predicted molar refractivity (Wildman–Crippen MR) is 159 cm³/mol. The van der Waals surface area contributed by atoms with Crippen LogP contribution in [-0.4, -0.2) is 24.5 Å². The van der Waals surface area contributed by atoms with Crippen LogP contribution in [0.25, 0.3) is 57.3 Å². The molecule has 40 heavy (non-hydrogen) atoms. The molecule has 5 heteroatoms. The summed E-state index contributed by atoms with van der Waals surface area (Å²) in [5.74, 6) is 1.33. The van der Waals surface area contributed by atoms with Crippen LogP contribution in [-0.2, 0) is 5.41 Å². The van der Waals surface area contributed by atoms with Crippen molar-refractivity contribution in [2.75, 3.05) is 0 Å². The minimum Gasteiger partial charge on any atom is -0.323 e. The molecule has 0 atom stereocenters. The first-order valence-corrected chi connectivity index (χ1v) is 13.5. The number of pyridine rings is 1. The third-order valence-electron chi connectivity index (χ3n) is 8.12. The van der Waals surface area contributed by atoms with E-state index < -0.39 is 0 Å². The van der Waals surface area contributed by atoms with Gasteiger partial charge in [-0.3, -0.25) is 0 Å². The highest BCUT2D eigenvalue weighted by molar-refractivity contribution is 6.00. The standard InChI is InChI=1S/C35H25N5/c1-35(2)31-24(15-22-7-3-4-8-29(22)31)17-25-16-23-9-14-40(21-30(23)32(25)35)28-19-26(33-36-10-5-11-37-33)18-27(20-28)34-38-12-6-13-39-34/h3-21H,1-2H3. The van der Waals surface area contributed by atoms with Crippen LogP contribution >= 0.6 is 0 Å². The van der Waals surface area contributed by atoms with Gasteiger partial charge in [0.2, 0.25) is 0 Å². The van der Waals surface area contributed by atoms with Crippen LogP contribution in [0.1, 0.15) is 25.0 Å². The summed E-state index contributed by atoms with van der Waals surface area (Å²) in [6.07, 6.45) is 16.2. The fourth-order valence-electron chi connectivity index (χ4n) is 6.47. The van der Waals surface area contributed by atoms with Gasteiger partial charge in [-0.15, -0.1) is 0 Å². The molecule has 3 aliphatic carbocycles. The monoisotopic (exact) mass is 515 g/mol. The smallest absolute Gasteiger partial charge is 0.159 e. The van der Waals surface area contributed by atoms with Crippen molar-refractivity contribution < 1.29 is 0 Å². The maximum Gasteiger partial charge on any atom is 0.159 e. The van der Waals surface area contributed by atoms with Gasteiger partial charge in [-0.1, -0.05) is 38.1 Å². The van der Waals surface area contributed by atoms with E-state index in [4.69, 9.17) is 0 Å². The lowest BCUT2D eigenvalue weighted by atomic mass is 9.70. The Morgan fingerprint density at radius 3 is 2.05 bits per heavy atom. The Balaban J connectivity index is 1.34. The number of benzene rings is 2. The van der Waals surface area contributed by atoms with Crippen LogP contribution in [0, 0.1) is 0 Å². The molecule has 2 aromatic heterocycles. The zero-order valence-corrected chi connectivity index (χ0v) is 22.2. The van der Waals surface area contributed by atoms with Gasteiger partial charge < -0.3 is 4.57 Å². The van der Waals surface area contributed by atoms with Crippen molar-refractivity contribution in [1.82, 2.24) is 24.5 Å². The van der Waals surface area contributed by atoms with Crippen molar-refractivity contribution in [3.8, 4) is 39.6 Å². The van der Waals surface area contributed by atoms with E-state index in [9.17, 15) is 0 Å². The lowest BCUT2D eigenvalue weighted by Crippen LogP contribution is -2.31. The van der Waals surface area contributed by atoms with E-state index in [2.05, 4.69) is 117 Å². The van der Waals surface area contributed by atoms with Gasteiger partial charge in [0.25, 0.3) is 0 Å². The molecule has 0 amide bonds. The van der Waals surface area contributed by atoms with Crippen LogP contribution in [0.4, 0.5) is 0 Å². The molecular weight excluding hydrogens is 490 g/mol.